The maximum Gasteiger partial charge on any atom is 0.240 e. The fourth-order valence-corrected chi connectivity index (χ4v) is 3.92. The molecule has 1 aromatic rings. The van der Waals surface area contributed by atoms with Crippen LogP contribution in [0.5, 0.6) is 0 Å². The zero-order valence-electron chi connectivity index (χ0n) is 11.7. The average Bonchev–Trinajstić information content (AvgIpc) is 3.05. The minimum absolute atomic E-state index is 0.0974. The molecule has 3 N–H and O–H groups in total. The quantitative estimate of drug-likeness (QED) is 0.743. The van der Waals surface area contributed by atoms with Gasteiger partial charge in [-0.15, -0.1) is 0 Å². The molecule has 0 spiro atoms. The standard InChI is InChI=1S/C14H19N3O3S/c18-14-9-10-8-12(3-4-13(10)17-14)21(19,20)16-7-5-11-2-1-6-15-11/h3-4,8,11,15-16H,1-2,5-7,9H2,(H,17,18)/t11-/m1/s1. The second kappa shape index (κ2) is 5.75. The zero-order chi connectivity index (χ0) is 14.9. The van der Waals surface area contributed by atoms with E-state index >= 15 is 0 Å². The van der Waals surface area contributed by atoms with Crippen LogP contribution in [-0.4, -0.2) is 33.5 Å². The van der Waals surface area contributed by atoms with Gasteiger partial charge in [0, 0.05) is 18.3 Å². The summed E-state index contributed by atoms with van der Waals surface area (Å²) in [5, 5.41) is 6.03. The molecule has 0 aromatic heterocycles. The first-order valence-corrected chi connectivity index (χ1v) is 8.69. The van der Waals surface area contributed by atoms with Crippen molar-refractivity contribution in [3.8, 4) is 0 Å². The van der Waals surface area contributed by atoms with Crippen LogP contribution in [-0.2, 0) is 21.2 Å². The largest absolute Gasteiger partial charge is 0.326 e. The number of amides is 1. The van der Waals surface area contributed by atoms with Crippen molar-refractivity contribution >= 4 is 21.6 Å². The van der Waals surface area contributed by atoms with Gasteiger partial charge in [0.05, 0.1) is 11.3 Å². The fraction of sp³-hybridized carbons (Fsp3) is 0.500. The van der Waals surface area contributed by atoms with Gasteiger partial charge in [-0.25, -0.2) is 13.1 Å². The Morgan fingerprint density at radius 2 is 2.19 bits per heavy atom. The molecule has 114 valence electrons. The number of hydrogen-bond acceptors (Lipinski definition) is 4. The molecule has 2 aliphatic heterocycles. The predicted molar refractivity (Wildman–Crippen MR) is 79.6 cm³/mol. The summed E-state index contributed by atoms with van der Waals surface area (Å²) in [5.41, 5.74) is 1.44. The van der Waals surface area contributed by atoms with Gasteiger partial charge in [0.2, 0.25) is 15.9 Å². The van der Waals surface area contributed by atoms with Gasteiger partial charge in [0.1, 0.15) is 0 Å². The van der Waals surface area contributed by atoms with Gasteiger partial charge in [-0.1, -0.05) is 0 Å². The molecule has 0 bridgehead atoms. The summed E-state index contributed by atoms with van der Waals surface area (Å²) >= 11 is 0. The Morgan fingerprint density at radius 1 is 1.33 bits per heavy atom. The molecule has 1 amide bonds. The summed E-state index contributed by atoms with van der Waals surface area (Å²) in [6.45, 7) is 1.44. The molecule has 1 fully saturated rings. The summed E-state index contributed by atoms with van der Waals surface area (Å²) < 4.78 is 27.1. The van der Waals surface area contributed by atoms with E-state index in [0.29, 0.717) is 18.3 Å². The maximum absolute atomic E-state index is 12.3. The molecule has 21 heavy (non-hydrogen) atoms. The van der Waals surface area contributed by atoms with Crippen LogP contribution in [0.2, 0.25) is 0 Å². The van der Waals surface area contributed by atoms with Gasteiger partial charge in [-0.2, -0.15) is 0 Å². The van der Waals surface area contributed by atoms with E-state index in [1.807, 2.05) is 0 Å². The van der Waals surface area contributed by atoms with Crippen molar-refractivity contribution in [3.05, 3.63) is 23.8 Å². The van der Waals surface area contributed by atoms with Crippen LogP contribution >= 0.6 is 0 Å². The molecule has 0 radical (unpaired) electrons. The molecule has 0 aliphatic carbocycles. The summed E-state index contributed by atoms with van der Waals surface area (Å²) in [6, 6.07) is 5.16. The minimum Gasteiger partial charge on any atom is -0.326 e. The third-order valence-electron chi connectivity index (χ3n) is 3.96. The average molecular weight is 309 g/mol. The van der Waals surface area contributed by atoms with Crippen molar-refractivity contribution < 1.29 is 13.2 Å². The molecule has 0 saturated carbocycles. The first-order valence-electron chi connectivity index (χ1n) is 7.20. The fourth-order valence-electron chi connectivity index (χ4n) is 2.83. The van der Waals surface area contributed by atoms with Crippen molar-refractivity contribution in [1.29, 1.82) is 0 Å². The third-order valence-corrected chi connectivity index (χ3v) is 5.42. The monoisotopic (exact) mass is 309 g/mol. The number of benzene rings is 1. The van der Waals surface area contributed by atoms with Gasteiger partial charge in [0.15, 0.2) is 0 Å². The molecule has 1 aromatic carbocycles. The molecule has 0 unspecified atom stereocenters. The second-order valence-electron chi connectivity index (χ2n) is 5.52. The number of sulfonamides is 1. The van der Waals surface area contributed by atoms with Crippen LogP contribution in [0.15, 0.2) is 23.1 Å². The molecular weight excluding hydrogens is 290 g/mol. The van der Waals surface area contributed by atoms with Crippen molar-refractivity contribution in [2.45, 2.75) is 36.6 Å². The van der Waals surface area contributed by atoms with Crippen LogP contribution in [0, 0.1) is 0 Å². The molecule has 2 aliphatic rings. The number of hydrogen-bond donors (Lipinski definition) is 3. The van der Waals surface area contributed by atoms with E-state index < -0.39 is 10.0 Å². The van der Waals surface area contributed by atoms with Crippen LogP contribution in [0.4, 0.5) is 5.69 Å². The summed E-state index contributed by atoms with van der Waals surface area (Å²) in [7, 11) is -3.51. The molecular formula is C14H19N3O3S. The Morgan fingerprint density at radius 3 is 2.95 bits per heavy atom. The highest BCUT2D eigenvalue weighted by molar-refractivity contribution is 7.89. The number of anilines is 1. The third kappa shape index (κ3) is 3.25. The van der Waals surface area contributed by atoms with Gasteiger partial charge < -0.3 is 10.6 Å². The topological polar surface area (TPSA) is 87.3 Å². The van der Waals surface area contributed by atoms with Crippen molar-refractivity contribution in [2.75, 3.05) is 18.4 Å². The lowest BCUT2D eigenvalue weighted by atomic mass is 10.2. The summed E-state index contributed by atoms with van der Waals surface area (Å²) in [4.78, 5) is 11.5. The lowest BCUT2D eigenvalue weighted by Gasteiger charge is -2.11. The number of fused-ring (bicyclic) bond motifs is 1. The highest BCUT2D eigenvalue weighted by Gasteiger charge is 2.22. The SMILES string of the molecule is O=C1Cc2cc(S(=O)(=O)NCC[C@H]3CCCN3)ccc2N1. The van der Waals surface area contributed by atoms with Crippen LogP contribution in [0.25, 0.3) is 0 Å². The zero-order valence-corrected chi connectivity index (χ0v) is 12.5. The highest BCUT2D eigenvalue weighted by atomic mass is 32.2. The van der Waals surface area contributed by atoms with E-state index in [4.69, 9.17) is 0 Å². The number of rotatable bonds is 5. The van der Waals surface area contributed by atoms with E-state index in [9.17, 15) is 13.2 Å². The van der Waals surface area contributed by atoms with E-state index in [1.54, 1.807) is 12.1 Å². The lowest BCUT2D eigenvalue weighted by molar-refractivity contribution is -0.115. The first-order chi connectivity index (χ1) is 10.0. The van der Waals surface area contributed by atoms with E-state index in [0.717, 1.165) is 31.4 Å². The van der Waals surface area contributed by atoms with E-state index in [-0.39, 0.29) is 17.2 Å². The molecule has 2 heterocycles. The van der Waals surface area contributed by atoms with Crippen molar-refractivity contribution in [2.24, 2.45) is 0 Å². The second-order valence-corrected chi connectivity index (χ2v) is 7.29. The number of carbonyl (C=O) groups excluding carboxylic acids is 1. The summed E-state index contributed by atoms with van der Waals surface area (Å²) in [5.74, 6) is -0.0974. The summed E-state index contributed by atoms with van der Waals surface area (Å²) in [6.07, 6.45) is 3.30. The smallest absolute Gasteiger partial charge is 0.240 e. The van der Waals surface area contributed by atoms with E-state index in [1.165, 1.54) is 6.07 Å². The van der Waals surface area contributed by atoms with Crippen LogP contribution < -0.4 is 15.4 Å². The van der Waals surface area contributed by atoms with Crippen LogP contribution in [0.1, 0.15) is 24.8 Å². The predicted octanol–water partition coefficient (Wildman–Crippen LogP) is 0.602. The Bertz CT molecular complexity index is 651. The van der Waals surface area contributed by atoms with E-state index in [2.05, 4.69) is 15.4 Å². The molecule has 6 nitrogen and oxygen atoms in total. The lowest BCUT2D eigenvalue weighted by Crippen LogP contribution is -2.30. The van der Waals surface area contributed by atoms with Crippen molar-refractivity contribution in [1.82, 2.24) is 10.0 Å². The molecule has 1 saturated heterocycles. The normalized spacial score (nSPS) is 21.3. The van der Waals surface area contributed by atoms with Gasteiger partial charge in [-0.05, 0) is 49.6 Å². The maximum atomic E-state index is 12.3. The molecule has 3 rings (SSSR count). The molecule has 1 atom stereocenters. The van der Waals surface area contributed by atoms with Gasteiger partial charge >= 0.3 is 0 Å². The number of nitrogens with one attached hydrogen (secondary N) is 3. The van der Waals surface area contributed by atoms with Gasteiger partial charge in [-0.3, -0.25) is 4.79 Å². The Labute approximate surface area is 124 Å². The first kappa shape index (κ1) is 14.5. The Kier molecular flexibility index (Phi) is 3.97. The Hall–Kier alpha value is -1.44. The van der Waals surface area contributed by atoms with Gasteiger partial charge in [0.25, 0.3) is 0 Å². The molecule has 7 heteroatoms. The minimum atomic E-state index is -3.51. The van der Waals surface area contributed by atoms with Crippen LogP contribution in [0.3, 0.4) is 0 Å². The number of carbonyl (C=O) groups is 1. The van der Waals surface area contributed by atoms with Crippen molar-refractivity contribution in [3.63, 3.8) is 0 Å². The Balaban J connectivity index is 1.64. The highest BCUT2D eigenvalue weighted by Crippen LogP contribution is 2.25.